The lowest BCUT2D eigenvalue weighted by atomic mass is 10.2. The number of rotatable bonds is 9. The molecule has 1 aromatic heterocycles. The van der Waals surface area contributed by atoms with E-state index in [-0.39, 0.29) is 10.6 Å². The van der Waals surface area contributed by atoms with Crippen molar-refractivity contribution in [2.24, 2.45) is 0 Å². The molecule has 2 amide bonds. The van der Waals surface area contributed by atoms with E-state index in [1.807, 2.05) is 36.4 Å². The summed E-state index contributed by atoms with van der Waals surface area (Å²) in [5, 5.41) is 5.42. The highest BCUT2D eigenvalue weighted by atomic mass is 32.2. The summed E-state index contributed by atoms with van der Waals surface area (Å²) in [4.78, 5) is 16.3. The summed E-state index contributed by atoms with van der Waals surface area (Å²) < 4.78 is 31.7. The van der Waals surface area contributed by atoms with Crippen LogP contribution in [0.5, 0.6) is 5.75 Å². The van der Waals surface area contributed by atoms with E-state index in [4.69, 9.17) is 4.74 Å². The van der Waals surface area contributed by atoms with Gasteiger partial charge in [-0.2, -0.15) is 0 Å². The molecule has 4 rings (SSSR count). The smallest absolute Gasteiger partial charge is 0.319 e. The molecule has 0 bridgehead atoms. The second kappa shape index (κ2) is 11.3. The average Bonchev–Trinajstić information content (AvgIpc) is 2.88. The van der Waals surface area contributed by atoms with Gasteiger partial charge in [-0.05, 0) is 59.2 Å². The highest BCUT2D eigenvalue weighted by molar-refractivity contribution is 7.90. The molecule has 0 radical (unpaired) electrons. The van der Waals surface area contributed by atoms with E-state index >= 15 is 0 Å². The van der Waals surface area contributed by atoms with E-state index in [2.05, 4.69) is 15.6 Å². The molecule has 7 nitrogen and oxygen atoms in total. The number of sulfone groups is 1. The Kier molecular flexibility index (Phi) is 7.74. The lowest BCUT2D eigenvalue weighted by Crippen LogP contribution is -2.28. The molecule has 0 atom stereocenters. The van der Waals surface area contributed by atoms with Gasteiger partial charge in [0, 0.05) is 24.6 Å². The highest BCUT2D eigenvalue weighted by Crippen LogP contribution is 2.22. The lowest BCUT2D eigenvalue weighted by molar-refractivity contribution is 0.251. The Balaban J connectivity index is 1.33. The monoisotopic (exact) mass is 487 g/mol. The van der Waals surface area contributed by atoms with Gasteiger partial charge in [0.1, 0.15) is 12.4 Å². The second-order valence-electron chi connectivity index (χ2n) is 7.87. The molecule has 0 unspecified atom stereocenters. The molecule has 178 valence electrons. The summed E-state index contributed by atoms with van der Waals surface area (Å²) in [7, 11) is -3.58. The van der Waals surface area contributed by atoms with Gasteiger partial charge in [0.25, 0.3) is 0 Å². The highest BCUT2D eigenvalue weighted by Gasteiger charge is 2.16. The second-order valence-corrected chi connectivity index (χ2v) is 9.86. The largest absolute Gasteiger partial charge is 0.489 e. The van der Waals surface area contributed by atoms with E-state index in [1.165, 1.54) is 12.1 Å². The van der Waals surface area contributed by atoms with Crippen LogP contribution in [0.4, 0.5) is 10.5 Å². The maximum absolute atomic E-state index is 12.9. The number of hydrogen-bond acceptors (Lipinski definition) is 5. The first kappa shape index (κ1) is 24.0. The number of carbonyl (C=O) groups is 1. The topological polar surface area (TPSA) is 97.4 Å². The van der Waals surface area contributed by atoms with Gasteiger partial charge in [0.2, 0.25) is 0 Å². The van der Waals surface area contributed by atoms with Crippen LogP contribution in [0, 0.1) is 0 Å². The fraction of sp³-hybridized carbons (Fsp3) is 0.111. The predicted octanol–water partition coefficient (Wildman–Crippen LogP) is 4.96. The van der Waals surface area contributed by atoms with Crippen molar-refractivity contribution in [3.8, 4) is 5.75 Å². The molecule has 0 aliphatic carbocycles. The molecular weight excluding hydrogens is 462 g/mol. The van der Waals surface area contributed by atoms with E-state index in [1.54, 1.807) is 54.9 Å². The molecule has 0 aliphatic heterocycles. The third kappa shape index (κ3) is 7.15. The summed E-state index contributed by atoms with van der Waals surface area (Å²) >= 11 is 0. The quantitative estimate of drug-likeness (QED) is 0.348. The van der Waals surface area contributed by atoms with Crippen LogP contribution in [0.1, 0.15) is 16.7 Å². The molecule has 0 spiro atoms. The summed E-state index contributed by atoms with van der Waals surface area (Å²) in [5.41, 5.74) is 3.03. The van der Waals surface area contributed by atoms with Gasteiger partial charge in [-0.25, -0.2) is 13.2 Å². The van der Waals surface area contributed by atoms with E-state index in [0.29, 0.717) is 30.2 Å². The number of pyridine rings is 1. The Morgan fingerprint density at radius 3 is 2.31 bits per heavy atom. The third-order valence-electron chi connectivity index (χ3n) is 5.15. The number of nitrogens with one attached hydrogen (secondary N) is 2. The SMILES string of the molecule is O=C(NCc1cccnc1)Nc1ccc(S(=O)(=O)Cc2cccc(OCc3ccccc3)c2)cc1. The maximum Gasteiger partial charge on any atom is 0.319 e. The van der Waals surface area contributed by atoms with Crippen LogP contribution < -0.4 is 15.4 Å². The predicted molar refractivity (Wildman–Crippen MR) is 135 cm³/mol. The molecule has 2 N–H and O–H groups in total. The number of hydrogen-bond donors (Lipinski definition) is 2. The Hall–Kier alpha value is -4.17. The van der Waals surface area contributed by atoms with E-state index in [0.717, 1.165) is 11.1 Å². The number of ether oxygens (including phenoxy) is 1. The Morgan fingerprint density at radius 2 is 1.57 bits per heavy atom. The maximum atomic E-state index is 12.9. The van der Waals surface area contributed by atoms with Crippen molar-refractivity contribution in [2.75, 3.05) is 5.32 Å². The van der Waals surface area contributed by atoms with Crippen LogP contribution in [0.3, 0.4) is 0 Å². The number of carbonyl (C=O) groups excluding carboxylic acids is 1. The number of aromatic nitrogens is 1. The zero-order valence-corrected chi connectivity index (χ0v) is 19.7. The van der Waals surface area contributed by atoms with Gasteiger partial charge in [-0.3, -0.25) is 4.98 Å². The fourth-order valence-corrected chi connectivity index (χ4v) is 4.71. The van der Waals surface area contributed by atoms with Crippen molar-refractivity contribution in [3.05, 3.63) is 120 Å². The van der Waals surface area contributed by atoms with Gasteiger partial charge in [0.15, 0.2) is 9.84 Å². The molecule has 3 aromatic carbocycles. The van der Waals surface area contributed by atoms with Gasteiger partial charge < -0.3 is 15.4 Å². The minimum Gasteiger partial charge on any atom is -0.489 e. The normalized spacial score (nSPS) is 11.0. The standard InChI is InChI=1S/C27H25N3O4S/c31-27(29-18-23-9-5-15-28-17-23)30-24-11-13-26(14-12-24)35(32,33)20-22-8-4-10-25(16-22)34-19-21-6-2-1-3-7-21/h1-17H,18-20H2,(H2,29,30,31). The van der Waals surface area contributed by atoms with Gasteiger partial charge in [-0.1, -0.05) is 48.5 Å². The van der Waals surface area contributed by atoms with Gasteiger partial charge >= 0.3 is 6.03 Å². The van der Waals surface area contributed by atoms with Crippen LogP contribution in [-0.2, 0) is 28.7 Å². The lowest BCUT2D eigenvalue weighted by Gasteiger charge is -2.10. The molecular formula is C27H25N3O4S. The summed E-state index contributed by atoms with van der Waals surface area (Å²) in [5.74, 6) is 0.451. The number of amides is 2. The Morgan fingerprint density at radius 1 is 0.829 bits per heavy atom. The zero-order valence-electron chi connectivity index (χ0n) is 18.9. The van der Waals surface area contributed by atoms with Crippen molar-refractivity contribution in [1.29, 1.82) is 0 Å². The first-order valence-corrected chi connectivity index (χ1v) is 12.7. The number of urea groups is 1. The van der Waals surface area contributed by atoms with Crippen molar-refractivity contribution >= 4 is 21.6 Å². The minimum atomic E-state index is -3.58. The van der Waals surface area contributed by atoms with Crippen molar-refractivity contribution in [2.45, 2.75) is 23.8 Å². The molecule has 0 aliphatic rings. The van der Waals surface area contributed by atoms with Crippen LogP contribution in [0.25, 0.3) is 0 Å². The zero-order chi connectivity index (χ0) is 24.5. The van der Waals surface area contributed by atoms with Gasteiger partial charge in [-0.15, -0.1) is 0 Å². The molecule has 8 heteroatoms. The van der Waals surface area contributed by atoms with E-state index in [9.17, 15) is 13.2 Å². The van der Waals surface area contributed by atoms with Crippen LogP contribution in [0.2, 0.25) is 0 Å². The van der Waals surface area contributed by atoms with Crippen molar-refractivity contribution < 1.29 is 17.9 Å². The summed E-state index contributed by atoms with van der Waals surface area (Å²) in [6.07, 6.45) is 3.33. The molecule has 4 aromatic rings. The van der Waals surface area contributed by atoms with E-state index < -0.39 is 15.9 Å². The summed E-state index contributed by atoms with van der Waals surface area (Å²) in [6.45, 7) is 0.738. The molecule has 0 saturated heterocycles. The van der Waals surface area contributed by atoms with Gasteiger partial charge in [0.05, 0.1) is 10.6 Å². The van der Waals surface area contributed by atoms with Crippen molar-refractivity contribution in [3.63, 3.8) is 0 Å². The number of anilines is 1. The molecule has 0 fully saturated rings. The first-order valence-electron chi connectivity index (χ1n) is 11.0. The first-order chi connectivity index (χ1) is 17.0. The Labute approximate surface area is 204 Å². The minimum absolute atomic E-state index is 0.159. The molecule has 0 saturated carbocycles. The van der Waals surface area contributed by atoms with Crippen LogP contribution in [-0.4, -0.2) is 19.4 Å². The van der Waals surface area contributed by atoms with Crippen molar-refractivity contribution in [1.82, 2.24) is 10.3 Å². The van der Waals surface area contributed by atoms with Crippen LogP contribution in [0.15, 0.2) is 108 Å². The number of benzene rings is 3. The third-order valence-corrected chi connectivity index (χ3v) is 6.85. The number of nitrogens with zero attached hydrogens (tertiary/aromatic N) is 1. The molecule has 35 heavy (non-hydrogen) atoms. The average molecular weight is 488 g/mol. The Bertz CT molecular complexity index is 1360. The summed E-state index contributed by atoms with van der Waals surface area (Å²) in [6, 6.07) is 26.2. The molecule has 1 heterocycles. The fourth-order valence-electron chi connectivity index (χ4n) is 3.37. The van der Waals surface area contributed by atoms with Crippen LogP contribution >= 0.6 is 0 Å².